The second kappa shape index (κ2) is 2.58. The summed E-state index contributed by atoms with van der Waals surface area (Å²) in [6, 6.07) is 11.2. The van der Waals surface area contributed by atoms with Crippen molar-refractivity contribution in [2.45, 2.75) is 13.1 Å². The quantitative estimate of drug-likeness (QED) is 0.594. The lowest BCUT2D eigenvalue weighted by atomic mass is 10.2. The van der Waals surface area contributed by atoms with Gasteiger partial charge in [0.15, 0.2) is 0 Å². The Bertz CT molecular complexity index is 497. The highest BCUT2D eigenvalue weighted by Crippen LogP contribution is 2.31. The molecule has 0 unspecified atom stereocenters. The van der Waals surface area contributed by atoms with E-state index in [4.69, 9.17) is 0 Å². The Balaban J connectivity index is 2.42. The summed E-state index contributed by atoms with van der Waals surface area (Å²) in [4.78, 5) is 1.53. The van der Waals surface area contributed by atoms with Gasteiger partial charge in [-0.15, -0.1) is 11.3 Å². The first-order chi connectivity index (χ1) is 6.71. The van der Waals surface area contributed by atoms with Crippen LogP contribution in [0.1, 0.15) is 0 Å². The molecule has 70 valence electrons. The van der Waals surface area contributed by atoms with Crippen LogP contribution in [-0.2, 0) is 0 Å². The van der Waals surface area contributed by atoms with Gasteiger partial charge in [-0.25, -0.2) is 0 Å². The topological polar surface area (TPSA) is 0 Å². The minimum Gasteiger partial charge on any atom is -0.144 e. The number of rotatable bonds is 0. The molecule has 1 aliphatic heterocycles. The fraction of sp³-hybridized carbons (Fsp3) is 0.167. The molecule has 0 fully saturated rings. The summed E-state index contributed by atoms with van der Waals surface area (Å²) in [7, 11) is -1.32. The zero-order valence-electron chi connectivity index (χ0n) is 8.37. The first-order valence-corrected chi connectivity index (χ1v) is 8.77. The number of hydrogen-bond acceptors (Lipinski definition) is 1. The fourth-order valence-corrected chi connectivity index (χ4v) is 7.26. The molecular formula is C12H12SSi. The van der Waals surface area contributed by atoms with Crippen LogP contribution in [0.15, 0.2) is 35.7 Å². The lowest BCUT2D eigenvalue weighted by molar-refractivity contribution is 1.75. The number of hydrogen-bond donors (Lipinski definition) is 0. The molecule has 0 bridgehead atoms. The molecule has 0 saturated heterocycles. The number of fused-ring (bicyclic) bond motifs is 3. The molecule has 3 rings (SSSR count). The third-order valence-corrected chi connectivity index (χ3v) is 7.86. The van der Waals surface area contributed by atoms with Gasteiger partial charge in [0, 0.05) is 4.88 Å². The Hall–Kier alpha value is -0.863. The first-order valence-electron chi connectivity index (χ1n) is 4.89. The van der Waals surface area contributed by atoms with Gasteiger partial charge in [-0.2, -0.15) is 0 Å². The molecule has 0 aliphatic carbocycles. The molecule has 2 aromatic rings. The molecule has 14 heavy (non-hydrogen) atoms. The van der Waals surface area contributed by atoms with Gasteiger partial charge in [-0.05, 0) is 21.3 Å². The predicted octanol–water partition coefficient (Wildman–Crippen LogP) is 2.55. The highest BCUT2D eigenvalue weighted by molar-refractivity contribution is 7.19. The SMILES string of the molecule is C[Si]1(C)c2ccccc2-c2sccc21. The van der Waals surface area contributed by atoms with Crippen LogP contribution in [0, 0.1) is 0 Å². The Kier molecular flexibility index (Phi) is 1.56. The second-order valence-corrected chi connectivity index (χ2v) is 9.58. The maximum atomic E-state index is 2.45. The van der Waals surface area contributed by atoms with Crippen molar-refractivity contribution in [3.05, 3.63) is 35.7 Å². The van der Waals surface area contributed by atoms with Crippen molar-refractivity contribution in [1.82, 2.24) is 0 Å². The highest BCUT2D eigenvalue weighted by Gasteiger charge is 2.37. The van der Waals surface area contributed by atoms with E-state index in [2.05, 4.69) is 48.8 Å². The lowest BCUT2D eigenvalue weighted by Gasteiger charge is -2.17. The standard InChI is InChI=1S/C12H12SSi/c1-14(2)10-6-4-3-5-9(10)12-11(14)7-8-13-12/h3-8H,1-2H3. The third kappa shape index (κ3) is 0.876. The molecule has 0 saturated carbocycles. The minimum absolute atomic E-state index is 1.32. The zero-order chi connectivity index (χ0) is 9.76. The minimum atomic E-state index is -1.32. The lowest BCUT2D eigenvalue weighted by Crippen LogP contribution is -2.48. The first kappa shape index (κ1) is 8.45. The monoisotopic (exact) mass is 216 g/mol. The van der Waals surface area contributed by atoms with Crippen LogP contribution >= 0.6 is 11.3 Å². The van der Waals surface area contributed by atoms with Gasteiger partial charge in [0.2, 0.25) is 0 Å². The third-order valence-electron chi connectivity index (χ3n) is 3.18. The summed E-state index contributed by atoms with van der Waals surface area (Å²) in [5, 5.41) is 5.47. The summed E-state index contributed by atoms with van der Waals surface area (Å²) in [6.07, 6.45) is 0. The molecule has 0 nitrogen and oxygen atoms in total. The number of benzene rings is 1. The van der Waals surface area contributed by atoms with Crippen LogP contribution in [0.3, 0.4) is 0 Å². The summed E-state index contributed by atoms with van der Waals surface area (Å²) >= 11 is 1.89. The van der Waals surface area contributed by atoms with Gasteiger partial charge in [0.25, 0.3) is 0 Å². The summed E-state index contributed by atoms with van der Waals surface area (Å²) in [5.74, 6) is 0. The Morgan fingerprint density at radius 3 is 2.64 bits per heavy atom. The van der Waals surface area contributed by atoms with Crippen LogP contribution in [0.2, 0.25) is 13.1 Å². The normalized spacial score (nSPS) is 16.4. The van der Waals surface area contributed by atoms with E-state index in [-0.39, 0.29) is 0 Å². The van der Waals surface area contributed by atoms with E-state index in [1.54, 1.807) is 10.4 Å². The Morgan fingerprint density at radius 1 is 1.00 bits per heavy atom. The smallest absolute Gasteiger partial charge is 0.114 e. The van der Waals surface area contributed by atoms with Gasteiger partial charge in [0.1, 0.15) is 8.07 Å². The van der Waals surface area contributed by atoms with E-state index in [0.717, 1.165) is 0 Å². The Morgan fingerprint density at radius 2 is 1.79 bits per heavy atom. The summed E-state index contributed by atoms with van der Waals surface area (Å²) < 4.78 is 0. The molecule has 2 heterocycles. The average molecular weight is 216 g/mol. The second-order valence-electron chi connectivity index (χ2n) is 4.33. The van der Waals surface area contributed by atoms with Crippen LogP contribution < -0.4 is 10.4 Å². The highest BCUT2D eigenvalue weighted by atomic mass is 32.1. The van der Waals surface area contributed by atoms with Gasteiger partial charge in [0.05, 0.1) is 0 Å². The van der Waals surface area contributed by atoms with Crippen molar-refractivity contribution in [2.75, 3.05) is 0 Å². The molecule has 0 spiro atoms. The van der Waals surface area contributed by atoms with E-state index in [9.17, 15) is 0 Å². The van der Waals surface area contributed by atoms with E-state index in [1.165, 1.54) is 10.4 Å². The van der Waals surface area contributed by atoms with Crippen LogP contribution in [0.25, 0.3) is 10.4 Å². The molecule has 1 aromatic carbocycles. The van der Waals surface area contributed by atoms with Gasteiger partial charge in [-0.3, -0.25) is 0 Å². The largest absolute Gasteiger partial charge is 0.144 e. The van der Waals surface area contributed by atoms with E-state index in [1.807, 2.05) is 11.3 Å². The van der Waals surface area contributed by atoms with Crippen molar-refractivity contribution in [1.29, 1.82) is 0 Å². The molecule has 1 aromatic heterocycles. The summed E-state index contributed by atoms with van der Waals surface area (Å²) in [6.45, 7) is 4.90. The van der Waals surface area contributed by atoms with Crippen molar-refractivity contribution >= 4 is 29.8 Å². The maximum absolute atomic E-state index is 2.45. The van der Waals surface area contributed by atoms with E-state index >= 15 is 0 Å². The van der Waals surface area contributed by atoms with Crippen molar-refractivity contribution in [3.63, 3.8) is 0 Å². The van der Waals surface area contributed by atoms with Crippen LogP contribution in [-0.4, -0.2) is 8.07 Å². The van der Waals surface area contributed by atoms with Gasteiger partial charge < -0.3 is 0 Å². The van der Waals surface area contributed by atoms with Crippen LogP contribution in [0.4, 0.5) is 0 Å². The summed E-state index contributed by atoms with van der Waals surface area (Å²) in [5.41, 5.74) is 1.49. The molecular weight excluding hydrogens is 204 g/mol. The molecule has 2 heteroatoms. The predicted molar refractivity (Wildman–Crippen MR) is 66.5 cm³/mol. The number of thiophene rings is 1. The average Bonchev–Trinajstić information content (AvgIpc) is 2.72. The van der Waals surface area contributed by atoms with Crippen molar-refractivity contribution in [2.24, 2.45) is 0 Å². The fourth-order valence-electron chi connectivity index (χ4n) is 2.38. The van der Waals surface area contributed by atoms with E-state index in [0.29, 0.717) is 0 Å². The molecule has 0 radical (unpaired) electrons. The van der Waals surface area contributed by atoms with Crippen molar-refractivity contribution in [3.8, 4) is 10.4 Å². The molecule has 0 amide bonds. The Labute approximate surface area is 89.2 Å². The van der Waals surface area contributed by atoms with Gasteiger partial charge in [-0.1, -0.05) is 43.4 Å². The maximum Gasteiger partial charge on any atom is 0.114 e. The molecule has 0 N–H and O–H groups in total. The molecule has 1 aliphatic rings. The van der Waals surface area contributed by atoms with Crippen molar-refractivity contribution < 1.29 is 0 Å². The van der Waals surface area contributed by atoms with Gasteiger partial charge >= 0.3 is 0 Å². The zero-order valence-corrected chi connectivity index (χ0v) is 10.2. The van der Waals surface area contributed by atoms with Crippen LogP contribution in [0.5, 0.6) is 0 Å². The molecule has 0 atom stereocenters. The van der Waals surface area contributed by atoms with E-state index < -0.39 is 8.07 Å².